The second kappa shape index (κ2) is 14.0. The van der Waals surface area contributed by atoms with Crippen LogP contribution in [-0.2, 0) is 4.74 Å². The Hall–Kier alpha value is -0.120. The van der Waals surface area contributed by atoms with Crippen LogP contribution < -0.4 is 10.6 Å². The molecule has 6 nitrogen and oxygen atoms in total. The Morgan fingerprint density at radius 1 is 1.19 bits per heavy atom. The summed E-state index contributed by atoms with van der Waals surface area (Å²) in [7, 11) is 0. The standard InChI is InChI=1S/C20H41N5O.HI/c1-5-21-20(22-9-10-24(6-2)18-7-8-18)23-16-19(15-17(3)4)25-11-13-26-14-12-25;/h17-19H,5-16H2,1-4H3,(H2,21,22,23);1H. The third-order valence-corrected chi connectivity index (χ3v) is 5.27. The highest BCUT2D eigenvalue weighted by Crippen LogP contribution is 2.25. The summed E-state index contributed by atoms with van der Waals surface area (Å²) in [6.07, 6.45) is 3.94. The van der Waals surface area contributed by atoms with Gasteiger partial charge < -0.3 is 15.4 Å². The van der Waals surface area contributed by atoms with Crippen molar-refractivity contribution in [3.63, 3.8) is 0 Å². The van der Waals surface area contributed by atoms with Crippen LogP contribution in [0.3, 0.4) is 0 Å². The molecule has 0 radical (unpaired) electrons. The van der Waals surface area contributed by atoms with Gasteiger partial charge >= 0.3 is 0 Å². The molecular formula is C20H42IN5O. The fourth-order valence-electron chi connectivity index (χ4n) is 3.72. The van der Waals surface area contributed by atoms with Crippen LogP contribution in [-0.4, -0.2) is 86.9 Å². The number of likely N-dealkylation sites (N-methyl/N-ethyl adjacent to an activating group) is 1. The number of nitrogens with zero attached hydrogens (tertiary/aromatic N) is 3. The lowest BCUT2D eigenvalue weighted by molar-refractivity contribution is 0.0143. The number of aliphatic imine (C=N–C) groups is 1. The highest BCUT2D eigenvalue weighted by molar-refractivity contribution is 14.0. The zero-order valence-electron chi connectivity index (χ0n) is 17.9. The molecule has 1 unspecified atom stereocenters. The van der Waals surface area contributed by atoms with Crippen molar-refractivity contribution in [2.45, 2.75) is 59.0 Å². The quantitative estimate of drug-likeness (QED) is 0.262. The molecular weight excluding hydrogens is 453 g/mol. The minimum atomic E-state index is 0. The maximum absolute atomic E-state index is 5.52. The van der Waals surface area contributed by atoms with Gasteiger partial charge in [-0.3, -0.25) is 14.8 Å². The van der Waals surface area contributed by atoms with Crippen molar-refractivity contribution in [1.29, 1.82) is 0 Å². The van der Waals surface area contributed by atoms with E-state index in [0.29, 0.717) is 12.0 Å². The van der Waals surface area contributed by atoms with Gasteiger partial charge in [-0.05, 0) is 38.6 Å². The molecule has 27 heavy (non-hydrogen) atoms. The summed E-state index contributed by atoms with van der Waals surface area (Å²) in [6, 6.07) is 1.34. The smallest absolute Gasteiger partial charge is 0.191 e. The van der Waals surface area contributed by atoms with Gasteiger partial charge in [0.1, 0.15) is 0 Å². The Morgan fingerprint density at radius 2 is 1.89 bits per heavy atom. The van der Waals surface area contributed by atoms with E-state index in [1.54, 1.807) is 0 Å². The van der Waals surface area contributed by atoms with Crippen LogP contribution >= 0.6 is 24.0 Å². The number of morpholine rings is 1. The summed E-state index contributed by atoms with van der Waals surface area (Å²) < 4.78 is 5.52. The molecule has 0 aromatic heterocycles. The van der Waals surface area contributed by atoms with Crippen LogP contribution in [0.2, 0.25) is 0 Å². The minimum absolute atomic E-state index is 0. The Balaban J connectivity index is 0.00000364. The van der Waals surface area contributed by atoms with Gasteiger partial charge in [0, 0.05) is 44.8 Å². The Kier molecular flexibility index (Phi) is 12.9. The maximum atomic E-state index is 5.52. The molecule has 1 aliphatic heterocycles. The molecule has 2 rings (SSSR count). The van der Waals surface area contributed by atoms with E-state index in [1.165, 1.54) is 19.3 Å². The van der Waals surface area contributed by atoms with Gasteiger partial charge in [-0.15, -0.1) is 24.0 Å². The van der Waals surface area contributed by atoms with Gasteiger partial charge in [-0.25, -0.2) is 0 Å². The molecule has 2 N–H and O–H groups in total. The minimum Gasteiger partial charge on any atom is -0.379 e. The number of hydrogen-bond donors (Lipinski definition) is 2. The summed E-state index contributed by atoms with van der Waals surface area (Å²) in [4.78, 5) is 10.1. The average molecular weight is 495 g/mol. The number of ether oxygens (including phenoxy) is 1. The molecule has 0 spiro atoms. The molecule has 0 bridgehead atoms. The van der Waals surface area contributed by atoms with Crippen LogP contribution in [0.25, 0.3) is 0 Å². The summed E-state index contributed by atoms with van der Waals surface area (Å²) in [5, 5.41) is 6.94. The molecule has 7 heteroatoms. The van der Waals surface area contributed by atoms with Crippen molar-refractivity contribution in [2.24, 2.45) is 10.9 Å². The third kappa shape index (κ3) is 9.76. The first-order valence-electron chi connectivity index (χ1n) is 10.7. The number of nitrogens with one attached hydrogen (secondary N) is 2. The van der Waals surface area contributed by atoms with Crippen LogP contribution in [0.5, 0.6) is 0 Å². The van der Waals surface area contributed by atoms with E-state index in [9.17, 15) is 0 Å². The lowest BCUT2D eigenvalue weighted by Crippen LogP contribution is -2.47. The van der Waals surface area contributed by atoms with E-state index < -0.39 is 0 Å². The van der Waals surface area contributed by atoms with Gasteiger partial charge in [-0.2, -0.15) is 0 Å². The van der Waals surface area contributed by atoms with Crippen LogP contribution in [0.1, 0.15) is 47.0 Å². The zero-order valence-corrected chi connectivity index (χ0v) is 20.2. The van der Waals surface area contributed by atoms with Crippen molar-refractivity contribution in [1.82, 2.24) is 20.4 Å². The molecule has 0 amide bonds. The lowest BCUT2D eigenvalue weighted by atomic mass is 10.0. The SMILES string of the molecule is CCNC(=NCC(CC(C)C)N1CCOCC1)NCCN(CC)C1CC1.I. The van der Waals surface area contributed by atoms with E-state index in [1.807, 2.05) is 0 Å². The van der Waals surface area contributed by atoms with E-state index in [2.05, 4.69) is 48.1 Å². The molecule has 2 aliphatic rings. The molecule has 1 saturated heterocycles. The summed E-state index contributed by atoms with van der Waals surface area (Å²) in [5.74, 6) is 1.65. The average Bonchev–Trinajstić information content (AvgIpc) is 3.47. The van der Waals surface area contributed by atoms with Crippen molar-refractivity contribution >= 4 is 29.9 Å². The Bertz CT molecular complexity index is 411. The third-order valence-electron chi connectivity index (χ3n) is 5.27. The van der Waals surface area contributed by atoms with Gasteiger partial charge in [0.2, 0.25) is 0 Å². The second-order valence-electron chi connectivity index (χ2n) is 7.94. The maximum Gasteiger partial charge on any atom is 0.191 e. The first kappa shape index (κ1) is 24.9. The summed E-state index contributed by atoms with van der Waals surface area (Å²) in [6.45, 7) is 17.7. The zero-order chi connectivity index (χ0) is 18.8. The van der Waals surface area contributed by atoms with Gasteiger partial charge in [0.05, 0.1) is 19.8 Å². The van der Waals surface area contributed by atoms with Crippen molar-refractivity contribution in [3.8, 4) is 0 Å². The molecule has 160 valence electrons. The number of guanidine groups is 1. The number of halogens is 1. The molecule has 1 atom stereocenters. The van der Waals surface area contributed by atoms with Crippen LogP contribution in [0.4, 0.5) is 0 Å². The predicted octanol–water partition coefficient (Wildman–Crippen LogP) is 2.39. The predicted molar refractivity (Wildman–Crippen MR) is 125 cm³/mol. The fourth-order valence-corrected chi connectivity index (χ4v) is 3.72. The second-order valence-corrected chi connectivity index (χ2v) is 7.94. The molecule has 1 heterocycles. The van der Waals surface area contributed by atoms with Crippen LogP contribution in [0, 0.1) is 5.92 Å². The molecule has 1 saturated carbocycles. The normalized spacial score (nSPS) is 19.9. The summed E-state index contributed by atoms with van der Waals surface area (Å²) in [5.41, 5.74) is 0. The Morgan fingerprint density at radius 3 is 2.44 bits per heavy atom. The van der Waals surface area contributed by atoms with E-state index >= 15 is 0 Å². The number of hydrogen-bond acceptors (Lipinski definition) is 4. The van der Waals surface area contributed by atoms with Crippen molar-refractivity contribution in [2.75, 3.05) is 59.0 Å². The largest absolute Gasteiger partial charge is 0.379 e. The molecule has 1 aliphatic carbocycles. The monoisotopic (exact) mass is 495 g/mol. The first-order valence-corrected chi connectivity index (χ1v) is 10.7. The fraction of sp³-hybridized carbons (Fsp3) is 0.950. The number of rotatable bonds is 11. The topological polar surface area (TPSA) is 52.1 Å². The molecule has 2 fully saturated rings. The van der Waals surface area contributed by atoms with E-state index in [-0.39, 0.29) is 24.0 Å². The molecule has 0 aromatic rings. The van der Waals surface area contributed by atoms with E-state index in [4.69, 9.17) is 9.73 Å². The Labute approximate surface area is 183 Å². The van der Waals surface area contributed by atoms with Gasteiger partial charge in [-0.1, -0.05) is 20.8 Å². The van der Waals surface area contributed by atoms with E-state index in [0.717, 1.165) is 71.0 Å². The van der Waals surface area contributed by atoms with Gasteiger partial charge in [0.15, 0.2) is 5.96 Å². The summed E-state index contributed by atoms with van der Waals surface area (Å²) >= 11 is 0. The molecule has 0 aromatic carbocycles. The van der Waals surface area contributed by atoms with Crippen molar-refractivity contribution < 1.29 is 4.74 Å². The lowest BCUT2D eigenvalue weighted by Gasteiger charge is -2.34. The first-order chi connectivity index (χ1) is 12.6. The highest BCUT2D eigenvalue weighted by atomic mass is 127. The van der Waals surface area contributed by atoms with Crippen LogP contribution in [0.15, 0.2) is 4.99 Å². The van der Waals surface area contributed by atoms with Gasteiger partial charge in [0.25, 0.3) is 0 Å². The van der Waals surface area contributed by atoms with Crippen molar-refractivity contribution in [3.05, 3.63) is 0 Å². The highest BCUT2D eigenvalue weighted by Gasteiger charge is 2.27.